The highest BCUT2D eigenvalue weighted by Gasteiger charge is 2.07. The van der Waals surface area contributed by atoms with Crippen LogP contribution < -0.4 is 5.56 Å². The van der Waals surface area contributed by atoms with Gasteiger partial charge in [0, 0.05) is 12.3 Å². The average Bonchev–Trinajstić information content (AvgIpc) is 2.33. The van der Waals surface area contributed by atoms with Crippen molar-refractivity contribution in [2.75, 3.05) is 0 Å². The Kier molecular flexibility index (Phi) is 3.17. The Labute approximate surface area is 93.6 Å². The van der Waals surface area contributed by atoms with Crippen molar-refractivity contribution in [3.63, 3.8) is 0 Å². The van der Waals surface area contributed by atoms with E-state index < -0.39 is 6.10 Å². The number of aliphatic hydroxyl groups is 1. The van der Waals surface area contributed by atoms with E-state index in [1.807, 2.05) is 30.3 Å². The number of rotatable bonds is 3. The SMILES string of the molecule is O=c1ccccn1C[C@@H](O)c1ccccc1. The van der Waals surface area contributed by atoms with Gasteiger partial charge in [-0.2, -0.15) is 0 Å². The molecule has 1 aromatic heterocycles. The zero-order valence-corrected chi connectivity index (χ0v) is 8.78. The van der Waals surface area contributed by atoms with Gasteiger partial charge in [0.15, 0.2) is 0 Å². The van der Waals surface area contributed by atoms with E-state index in [9.17, 15) is 9.90 Å². The summed E-state index contributed by atoms with van der Waals surface area (Å²) < 4.78 is 1.50. The maximum atomic E-state index is 11.4. The van der Waals surface area contributed by atoms with Crippen LogP contribution in [0.2, 0.25) is 0 Å². The van der Waals surface area contributed by atoms with Gasteiger partial charge in [-0.15, -0.1) is 0 Å². The van der Waals surface area contributed by atoms with Crippen molar-refractivity contribution >= 4 is 0 Å². The van der Waals surface area contributed by atoms with Gasteiger partial charge in [0.1, 0.15) is 0 Å². The van der Waals surface area contributed by atoms with E-state index in [0.29, 0.717) is 0 Å². The Morgan fingerprint density at radius 2 is 1.75 bits per heavy atom. The van der Waals surface area contributed by atoms with E-state index >= 15 is 0 Å². The molecule has 0 amide bonds. The summed E-state index contributed by atoms with van der Waals surface area (Å²) in [7, 11) is 0. The van der Waals surface area contributed by atoms with Crippen LogP contribution in [0.1, 0.15) is 11.7 Å². The minimum Gasteiger partial charge on any atom is -0.387 e. The molecule has 1 N–H and O–H groups in total. The molecule has 82 valence electrons. The molecule has 3 nitrogen and oxygen atoms in total. The summed E-state index contributed by atoms with van der Waals surface area (Å²) in [4.78, 5) is 11.4. The lowest BCUT2D eigenvalue weighted by molar-refractivity contribution is 0.155. The number of pyridine rings is 1. The highest BCUT2D eigenvalue weighted by molar-refractivity contribution is 5.17. The van der Waals surface area contributed by atoms with Crippen molar-refractivity contribution in [1.82, 2.24) is 4.57 Å². The molecule has 1 heterocycles. The number of aliphatic hydroxyl groups excluding tert-OH is 1. The first-order valence-corrected chi connectivity index (χ1v) is 5.16. The van der Waals surface area contributed by atoms with Crippen LogP contribution in [-0.2, 0) is 6.54 Å². The van der Waals surface area contributed by atoms with Gasteiger partial charge in [-0.05, 0) is 11.6 Å². The third-order valence-electron chi connectivity index (χ3n) is 2.45. The third kappa shape index (κ3) is 2.38. The molecule has 0 aliphatic rings. The van der Waals surface area contributed by atoms with Crippen molar-refractivity contribution in [2.24, 2.45) is 0 Å². The van der Waals surface area contributed by atoms with Gasteiger partial charge >= 0.3 is 0 Å². The van der Waals surface area contributed by atoms with Crippen LogP contribution in [0, 0.1) is 0 Å². The molecule has 0 aliphatic carbocycles. The topological polar surface area (TPSA) is 42.2 Å². The first kappa shape index (κ1) is 10.6. The summed E-state index contributed by atoms with van der Waals surface area (Å²) >= 11 is 0. The second kappa shape index (κ2) is 4.77. The zero-order valence-electron chi connectivity index (χ0n) is 8.78. The molecule has 0 bridgehead atoms. The summed E-state index contributed by atoms with van der Waals surface area (Å²) in [5.74, 6) is 0. The average molecular weight is 215 g/mol. The zero-order chi connectivity index (χ0) is 11.4. The standard InChI is InChI=1S/C13H13NO2/c15-12(11-6-2-1-3-7-11)10-14-9-5-4-8-13(14)16/h1-9,12,15H,10H2/t12-/m1/s1. The molecule has 0 unspecified atom stereocenters. The smallest absolute Gasteiger partial charge is 0.250 e. The van der Waals surface area contributed by atoms with E-state index in [4.69, 9.17) is 0 Å². The van der Waals surface area contributed by atoms with Gasteiger partial charge in [0.25, 0.3) is 5.56 Å². The third-order valence-corrected chi connectivity index (χ3v) is 2.45. The molecule has 0 spiro atoms. The molecule has 0 fully saturated rings. The van der Waals surface area contributed by atoms with Gasteiger partial charge in [-0.1, -0.05) is 36.4 Å². The molecule has 0 saturated carbocycles. The van der Waals surface area contributed by atoms with E-state index in [1.165, 1.54) is 10.6 Å². The molecule has 2 rings (SSSR count). The number of nitrogens with zero attached hydrogens (tertiary/aromatic N) is 1. The summed E-state index contributed by atoms with van der Waals surface area (Å²) in [5.41, 5.74) is 0.718. The number of aromatic nitrogens is 1. The van der Waals surface area contributed by atoms with Gasteiger partial charge in [-0.25, -0.2) is 0 Å². The quantitative estimate of drug-likeness (QED) is 0.844. The minimum absolute atomic E-state index is 0.0996. The van der Waals surface area contributed by atoms with Crippen LogP contribution in [0.4, 0.5) is 0 Å². The molecule has 2 aromatic rings. The maximum absolute atomic E-state index is 11.4. The monoisotopic (exact) mass is 215 g/mol. The van der Waals surface area contributed by atoms with Gasteiger partial charge in [0.05, 0.1) is 12.6 Å². The highest BCUT2D eigenvalue weighted by atomic mass is 16.3. The van der Waals surface area contributed by atoms with Crippen LogP contribution >= 0.6 is 0 Å². The lowest BCUT2D eigenvalue weighted by atomic mass is 10.1. The predicted molar refractivity (Wildman–Crippen MR) is 62.1 cm³/mol. The first-order valence-electron chi connectivity index (χ1n) is 5.16. The fraction of sp³-hybridized carbons (Fsp3) is 0.154. The fourth-order valence-electron chi connectivity index (χ4n) is 1.58. The molecule has 1 aromatic carbocycles. The van der Waals surface area contributed by atoms with Gasteiger partial charge in [-0.3, -0.25) is 4.79 Å². The Bertz CT molecular complexity index is 505. The van der Waals surface area contributed by atoms with Crippen LogP contribution in [0.25, 0.3) is 0 Å². The summed E-state index contributed by atoms with van der Waals surface area (Å²) in [6, 6.07) is 14.3. The van der Waals surface area contributed by atoms with Crippen molar-refractivity contribution in [1.29, 1.82) is 0 Å². The Hall–Kier alpha value is -1.87. The van der Waals surface area contributed by atoms with E-state index in [1.54, 1.807) is 18.3 Å². The van der Waals surface area contributed by atoms with Crippen molar-refractivity contribution in [3.8, 4) is 0 Å². The number of hydrogen-bond donors (Lipinski definition) is 1. The Morgan fingerprint density at radius 1 is 1.06 bits per heavy atom. The van der Waals surface area contributed by atoms with Crippen LogP contribution in [0.15, 0.2) is 59.5 Å². The highest BCUT2D eigenvalue weighted by Crippen LogP contribution is 2.13. The normalized spacial score (nSPS) is 12.3. The molecule has 0 saturated heterocycles. The number of benzene rings is 1. The molecule has 0 aliphatic heterocycles. The molecular weight excluding hydrogens is 202 g/mol. The van der Waals surface area contributed by atoms with Crippen molar-refractivity contribution in [3.05, 3.63) is 70.6 Å². The lowest BCUT2D eigenvalue weighted by Gasteiger charge is -2.12. The lowest BCUT2D eigenvalue weighted by Crippen LogP contribution is -2.21. The number of hydrogen-bond acceptors (Lipinski definition) is 2. The molecular formula is C13H13NO2. The van der Waals surface area contributed by atoms with Crippen molar-refractivity contribution in [2.45, 2.75) is 12.6 Å². The predicted octanol–water partition coefficient (Wildman–Crippen LogP) is 1.58. The van der Waals surface area contributed by atoms with E-state index in [-0.39, 0.29) is 12.1 Å². The Morgan fingerprint density at radius 3 is 2.44 bits per heavy atom. The largest absolute Gasteiger partial charge is 0.387 e. The van der Waals surface area contributed by atoms with Gasteiger partial charge in [0.2, 0.25) is 0 Å². The maximum Gasteiger partial charge on any atom is 0.250 e. The van der Waals surface area contributed by atoms with Gasteiger partial charge < -0.3 is 9.67 Å². The molecule has 1 atom stereocenters. The van der Waals surface area contributed by atoms with Crippen LogP contribution in [0.5, 0.6) is 0 Å². The molecule has 3 heteroatoms. The van der Waals surface area contributed by atoms with E-state index in [0.717, 1.165) is 5.56 Å². The fourth-order valence-corrected chi connectivity index (χ4v) is 1.58. The summed E-state index contributed by atoms with van der Waals surface area (Å²) in [5, 5.41) is 9.94. The second-order valence-electron chi connectivity index (χ2n) is 3.62. The summed E-state index contributed by atoms with van der Waals surface area (Å²) in [6.45, 7) is 0.281. The van der Waals surface area contributed by atoms with Crippen LogP contribution in [-0.4, -0.2) is 9.67 Å². The van der Waals surface area contributed by atoms with Crippen molar-refractivity contribution < 1.29 is 5.11 Å². The second-order valence-corrected chi connectivity index (χ2v) is 3.62. The first-order chi connectivity index (χ1) is 7.77. The Balaban J connectivity index is 2.17. The summed E-state index contributed by atoms with van der Waals surface area (Å²) in [6.07, 6.45) is 1.02. The molecule has 0 radical (unpaired) electrons. The minimum atomic E-state index is -0.652. The van der Waals surface area contributed by atoms with E-state index in [2.05, 4.69) is 0 Å². The van der Waals surface area contributed by atoms with Crippen LogP contribution in [0.3, 0.4) is 0 Å². The molecule has 16 heavy (non-hydrogen) atoms.